The van der Waals surface area contributed by atoms with Crippen molar-refractivity contribution in [3.05, 3.63) is 10.8 Å². The van der Waals surface area contributed by atoms with Crippen LogP contribution in [0, 0.1) is 0 Å². The number of nitrogens with one attached hydrogen (secondary N) is 1. The number of nitrogens with two attached hydrogens (primary N) is 1. The van der Waals surface area contributed by atoms with Crippen LogP contribution < -0.4 is 11.1 Å². The molecule has 1 fully saturated rings. The molecule has 94 valence electrons. The summed E-state index contributed by atoms with van der Waals surface area (Å²) in [5.74, 6) is 1.24. The minimum absolute atomic E-state index is 0.469. The molecule has 2 heterocycles. The molecule has 0 radical (unpaired) electrons. The molecule has 1 atom stereocenters. The number of nitrogens with zero attached hydrogens (tertiary/aromatic N) is 3. The minimum atomic E-state index is 0.469. The predicted octanol–water partition coefficient (Wildman–Crippen LogP) is 1.72. The van der Waals surface area contributed by atoms with E-state index in [4.69, 9.17) is 5.73 Å². The highest BCUT2D eigenvalue weighted by Crippen LogP contribution is 2.24. The van der Waals surface area contributed by atoms with E-state index in [-0.39, 0.29) is 0 Å². The fourth-order valence-corrected chi connectivity index (χ4v) is 2.41. The van der Waals surface area contributed by atoms with Crippen LogP contribution in [0.25, 0.3) is 0 Å². The lowest BCUT2D eigenvalue weighted by Gasteiger charge is -2.24. The average Bonchev–Trinajstić information content (AvgIpc) is 2.84. The van der Waals surface area contributed by atoms with Gasteiger partial charge in [-0.25, -0.2) is 9.97 Å². The number of nitrogen functional groups attached to an aromatic ring is 1. The lowest BCUT2D eigenvalue weighted by atomic mass is 10.3. The molecule has 3 N–H and O–H groups in total. The number of hydrogen-bond donors (Lipinski definition) is 2. The fourth-order valence-electron chi connectivity index (χ4n) is 2.06. The second-order valence-electron chi connectivity index (χ2n) is 4.39. The monoisotopic (exact) mass is 299 g/mol. The van der Waals surface area contributed by atoms with Gasteiger partial charge >= 0.3 is 0 Å². The van der Waals surface area contributed by atoms with E-state index in [1.807, 2.05) is 0 Å². The standard InChI is InChI=1S/C11H18BrN5/c1-8(17-4-2-3-5-17)6-14-11-9(12)10(13)15-7-16-11/h7-8H,2-6H2,1H3,(H3,13,14,15,16). The Morgan fingerprint density at radius 2 is 2.18 bits per heavy atom. The first-order chi connectivity index (χ1) is 8.18. The van der Waals surface area contributed by atoms with Gasteiger partial charge in [0, 0.05) is 12.6 Å². The van der Waals surface area contributed by atoms with Crippen molar-refractivity contribution in [3.8, 4) is 0 Å². The highest BCUT2D eigenvalue weighted by Gasteiger charge is 2.18. The normalized spacial score (nSPS) is 18.2. The van der Waals surface area contributed by atoms with Crippen LogP contribution in [-0.4, -0.2) is 40.5 Å². The van der Waals surface area contributed by atoms with Crippen LogP contribution in [-0.2, 0) is 0 Å². The van der Waals surface area contributed by atoms with E-state index in [0.717, 1.165) is 16.8 Å². The average molecular weight is 300 g/mol. The Labute approximate surface area is 110 Å². The summed E-state index contributed by atoms with van der Waals surface area (Å²) in [5, 5.41) is 3.31. The number of halogens is 1. The van der Waals surface area contributed by atoms with Crippen molar-refractivity contribution in [1.29, 1.82) is 0 Å². The van der Waals surface area contributed by atoms with Crippen molar-refractivity contribution in [2.75, 3.05) is 30.7 Å². The molecular weight excluding hydrogens is 282 g/mol. The van der Waals surface area contributed by atoms with Gasteiger partial charge in [0.05, 0.1) is 0 Å². The first-order valence-electron chi connectivity index (χ1n) is 5.92. The SMILES string of the molecule is CC(CNc1ncnc(N)c1Br)N1CCCC1. The van der Waals surface area contributed by atoms with Gasteiger partial charge in [-0.15, -0.1) is 0 Å². The molecule has 1 aromatic heterocycles. The molecule has 6 heteroatoms. The highest BCUT2D eigenvalue weighted by atomic mass is 79.9. The smallest absolute Gasteiger partial charge is 0.145 e. The van der Waals surface area contributed by atoms with Crippen molar-refractivity contribution in [2.45, 2.75) is 25.8 Å². The molecule has 2 rings (SSSR count). The van der Waals surface area contributed by atoms with E-state index in [9.17, 15) is 0 Å². The summed E-state index contributed by atoms with van der Waals surface area (Å²) in [6, 6.07) is 0.514. The molecule has 5 nitrogen and oxygen atoms in total. The zero-order valence-electron chi connectivity index (χ0n) is 9.99. The summed E-state index contributed by atoms with van der Waals surface area (Å²) >= 11 is 3.39. The van der Waals surface area contributed by atoms with Crippen LogP contribution in [0.4, 0.5) is 11.6 Å². The van der Waals surface area contributed by atoms with Crippen LogP contribution >= 0.6 is 15.9 Å². The van der Waals surface area contributed by atoms with Crippen molar-refractivity contribution in [1.82, 2.24) is 14.9 Å². The maximum Gasteiger partial charge on any atom is 0.145 e. The third-order valence-corrected chi connectivity index (χ3v) is 3.93. The third-order valence-electron chi connectivity index (χ3n) is 3.15. The Kier molecular flexibility index (Phi) is 4.17. The van der Waals surface area contributed by atoms with Crippen LogP contribution in [0.2, 0.25) is 0 Å². The molecule has 17 heavy (non-hydrogen) atoms. The van der Waals surface area contributed by atoms with E-state index >= 15 is 0 Å². The summed E-state index contributed by atoms with van der Waals surface area (Å²) in [6.45, 7) is 5.51. The fraction of sp³-hybridized carbons (Fsp3) is 0.636. The van der Waals surface area contributed by atoms with E-state index in [0.29, 0.717) is 11.9 Å². The van der Waals surface area contributed by atoms with E-state index < -0.39 is 0 Å². The summed E-state index contributed by atoms with van der Waals surface area (Å²) < 4.78 is 0.744. The number of likely N-dealkylation sites (tertiary alicyclic amines) is 1. The Morgan fingerprint density at radius 1 is 1.47 bits per heavy atom. The number of aromatic nitrogens is 2. The molecule has 1 saturated heterocycles. The highest BCUT2D eigenvalue weighted by molar-refractivity contribution is 9.10. The number of hydrogen-bond acceptors (Lipinski definition) is 5. The van der Waals surface area contributed by atoms with Crippen LogP contribution in [0.5, 0.6) is 0 Å². The molecule has 1 aromatic rings. The van der Waals surface area contributed by atoms with Crippen molar-refractivity contribution in [2.24, 2.45) is 0 Å². The van der Waals surface area contributed by atoms with Gasteiger partial charge in [-0.1, -0.05) is 0 Å². The van der Waals surface area contributed by atoms with E-state index in [1.54, 1.807) is 0 Å². The van der Waals surface area contributed by atoms with Crippen LogP contribution in [0.15, 0.2) is 10.8 Å². The van der Waals surface area contributed by atoms with Crippen LogP contribution in [0.3, 0.4) is 0 Å². The first kappa shape index (κ1) is 12.6. The van der Waals surface area contributed by atoms with Gasteiger partial charge in [0.2, 0.25) is 0 Å². The maximum atomic E-state index is 5.70. The zero-order chi connectivity index (χ0) is 12.3. The third kappa shape index (κ3) is 3.07. The topological polar surface area (TPSA) is 67.1 Å². The lowest BCUT2D eigenvalue weighted by molar-refractivity contribution is 0.269. The summed E-state index contributed by atoms with van der Waals surface area (Å²) in [6.07, 6.45) is 4.10. The second kappa shape index (κ2) is 5.64. The molecule has 1 aliphatic rings. The molecule has 0 spiro atoms. The first-order valence-corrected chi connectivity index (χ1v) is 6.71. The summed E-state index contributed by atoms with van der Waals surface area (Å²) in [4.78, 5) is 10.6. The summed E-state index contributed by atoms with van der Waals surface area (Å²) in [7, 11) is 0. The predicted molar refractivity (Wildman–Crippen MR) is 72.9 cm³/mol. The maximum absolute atomic E-state index is 5.70. The lowest BCUT2D eigenvalue weighted by Crippen LogP contribution is -2.35. The van der Waals surface area contributed by atoms with Gasteiger partial charge in [0.25, 0.3) is 0 Å². The Morgan fingerprint density at radius 3 is 2.88 bits per heavy atom. The molecular formula is C11H18BrN5. The van der Waals surface area contributed by atoms with E-state index in [1.165, 1.54) is 32.3 Å². The van der Waals surface area contributed by atoms with Gasteiger partial charge in [0.15, 0.2) is 0 Å². The van der Waals surface area contributed by atoms with Gasteiger partial charge in [0.1, 0.15) is 22.4 Å². The Bertz CT molecular complexity index is 378. The number of anilines is 2. The van der Waals surface area contributed by atoms with Gasteiger partial charge in [-0.2, -0.15) is 0 Å². The molecule has 1 unspecified atom stereocenters. The molecule has 0 saturated carbocycles. The van der Waals surface area contributed by atoms with Crippen LogP contribution in [0.1, 0.15) is 19.8 Å². The Balaban J connectivity index is 1.90. The van der Waals surface area contributed by atoms with Gasteiger partial charge in [-0.05, 0) is 48.8 Å². The molecule has 0 bridgehead atoms. The summed E-state index contributed by atoms with van der Waals surface area (Å²) in [5.41, 5.74) is 5.70. The zero-order valence-corrected chi connectivity index (χ0v) is 11.6. The quantitative estimate of drug-likeness (QED) is 0.886. The van der Waals surface area contributed by atoms with Crippen molar-refractivity contribution in [3.63, 3.8) is 0 Å². The van der Waals surface area contributed by atoms with Crippen molar-refractivity contribution >= 4 is 27.6 Å². The molecule has 0 amide bonds. The second-order valence-corrected chi connectivity index (χ2v) is 5.19. The van der Waals surface area contributed by atoms with Gasteiger partial charge < -0.3 is 11.1 Å². The van der Waals surface area contributed by atoms with E-state index in [2.05, 4.69) is 43.0 Å². The molecule has 1 aliphatic heterocycles. The minimum Gasteiger partial charge on any atom is -0.383 e. The Hall–Kier alpha value is -0.880. The van der Waals surface area contributed by atoms with Gasteiger partial charge in [-0.3, -0.25) is 4.90 Å². The molecule has 0 aromatic carbocycles. The van der Waals surface area contributed by atoms with Crippen molar-refractivity contribution < 1.29 is 0 Å². The largest absolute Gasteiger partial charge is 0.383 e. The molecule has 0 aliphatic carbocycles. The number of rotatable bonds is 4.